The molecule has 1 amide bonds. The van der Waals surface area contributed by atoms with Crippen molar-refractivity contribution in [2.45, 2.75) is 18.9 Å². The highest BCUT2D eigenvalue weighted by Gasteiger charge is 2.35. The zero-order valence-electron chi connectivity index (χ0n) is 6.23. The van der Waals surface area contributed by atoms with Crippen LogP contribution in [0.3, 0.4) is 0 Å². The Balaban J connectivity index is 2.51. The van der Waals surface area contributed by atoms with Crippen molar-refractivity contribution in [3.05, 3.63) is 0 Å². The summed E-state index contributed by atoms with van der Waals surface area (Å²) < 4.78 is 0. The molecular weight excluding hydrogens is 146 g/mol. The first-order valence-corrected chi connectivity index (χ1v) is 3.73. The van der Waals surface area contributed by atoms with E-state index in [1.54, 1.807) is 0 Å². The average Bonchev–Trinajstić information content (AvgIpc) is 2.30. The van der Waals surface area contributed by atoms with Gasteiger partial charge in [-0.05, 0) is 18.8 Å². The number of nitrogens with two attached hydrogens (primary N) is 1. The van der Waals surface area contributed by atoms with Gasteiger partial charge < -0.3 is 15.9 Å². The van der Waals surface area contributed by atoms with E-state index in [1.807, 2.05) is 0 Å². The second-order valence-corrected chi connectivity index (χ2v) is 3.10. The molecule has 1 aliphatic rings. The molecule has 0 saturated heterocycles. The van der Waals surface area contributed by atoms with Gasteiger partial charge in [-0.2, -0.15) is 0 Å². The summed E-state index contributed by atoms with van der Waals surface area (Å²) in [5.41, 5.74) is 5.02. The summed E-state index contributed by atoms with van der Waals surface area (Å²) in [7, 11) is 0. The number of aliphatic hydroxyl groups is 2. The van der Waals surface area contributed by atoms with E-state index in [4.69, 9.17) is 10.8 Å². The van der Waals surface area contributed by atoms with Crippen LogP contribution in [0.15, 0.2) is 0 Å². The minimum absolute atomic E-state index is 0.0286. The molecule has 0 aromatic heterocycles. The van der Waals surface area contributed by atoms with Crippen molar-refractivity contribution in [3.8, 4) is 0 Å². The van der Waals surface area contributed by atoms with Gasteiger partial charge in [0.2, 0.25) is 5.91 Å². The maximum Gasteiger partial charge on any atom is 0.223 e. The Morgan fingerprint density at radius 3 is 2.45 bits per heavy atom. The first-order chi connectivity index (χ1) is 5.15. The molecule has 0 aromatic carbocycles. The van der Waals surface area contributed by atoms with E-state index in [1.165, 1.54) is 0 Å². The highest BCUT2D eigenvalue weighted by molar-refractivity contribution is 5.77. The normalized spacial score (nSPS) is 37.5. The Labute approximate surface area is 65.0 Å². The summed E-state index contributed by atoms with van der Waals surface area (Å²) in [4.78, 5) is 10.7. The van der Waals surface area contributed by atoms with Crippen molar-refractivity contribution in [1.29, 1.82) is 0 Å². The fourth-order valence-electron chi connectivity index (χ4n) is 1.57. The van der Waals surface area contributed by atoms with E-state index in [0.717, 1.165) is 0 Å². The Morgan fingerprint density at radius 2 is 2.18 bits per heavy atom. The summed E-state index contributed by atoms with van der Waals surface area (Å²) >= 11 is 0. The Kier molecular flexibility index (Phi) is 2.46. The van der Waals surface area contributed by atoms with E-state index >= 15 is 0 Å². The van der Waals surface area contributed by atoms with Gasteiger partial charge in [0.25, 0.3) is 0 Å². The van der Waals surface area contributed by atoms with E-state index in [-0.39, 0.29) is 12.5 Å². The largest absolute Gasteiger partial charge is 0.396 e. The fraction of sp³-hybridized carbons (Fsp3) is 0.857. The topological polar surface area (TPSA) is 83.6 Å². The molecule has 0 aliphatic heterocycles. The number of rotatable bonds is 2. The summed E-state index contributed by atoms with van der Waals surface area (Å²) in [5, 5.41) is 18.0. The molecule has 1 fully saturated rings. The standard InChI is InChI=1S/C7H13NO3/c8-7(11)5-1-4(3-9)2-6(5)10/h4-6,9-10H,1-3H2,(H2,8,11)/t4-,5+,6-/m0/s1. The first kappa shape index (κ1) is 8.49. The molecule has 0 unspecified atom stereocenters. The van der Waals surface area contributed by atoms with Gasteiger partial charge in [-0.3, -0.25) is 4.79 Å². The van der Waals surface area contributed by atoms with Crippen LogP contribution in [0.5, 0.6) is 0 Å². The van der Waals surface area contributed by atoms with Crippen LogP contribution in [-0.4, -0.2) is 28.8 Å². The Morgan fingerprint density at radius 1 is 1.55 bits per heavy atom. The second-order valence-electron chi connectivity index (χ2n) is 3.10. The molecule has 0 aromatic rings. The van der Waals surface area contributed by atoms with Crippen molar-refractivity contribution in [1.82, 2.24) is 0 Å². The monoisotopic (exact) mass is 159 g/mol. The second kappa shape index (κ2) is 3.19. The van der Waals surface area contributed by atoms with E-state index < -0.39 is 17.9 Å². The molecule has 4 nitrogen and oxygen atoms in total. The third-order valence-electron chi connectivity index (χ3n) is 2.25. The molecule has 4 heteroatoms. The number of amides is 1. The SMILES string of the molecule is NC(=O)[C@@H]1C[C@H](CO)C[C@@H]1O. The van der Waals surface area contributed by atoms with E-state index in [2.05, 4.69) is 0 Å². The smallest absolute Gasteiger partial charge is 0.223 e. The molecule has 3 atom stereocenters. The molecule has 1 saturated carbocycles. The van der Waals surface area contributed by atoms with Gasteiger partial charge in [0.1, 0.15) is 0 Å². The maximum atomic E-state index is 10.7. The van der Waals surface area contributed by atoms with Crippen molar-refractivity contribution in [2.75, 3.05) is 6.61 Å². The van der Waals surface area contributed by atoms with Gasteiger partial charge in [-0.15, -0.1) is 0 Å². The van der Waals surface area contributed by atoms with Crippen molar-refractivity contribution in [3.63, 3.8) is 0 Å². The lowest BCUT2D eigenvalue weighted by Gasteiger charge is -2.07. The van der Waals surface area contributed by atoms with Gasteiger partial charge in [0, 0.05) is 6.61 Å². The van der Waals surface area contributed by atoms with Crippen LogP contribution >= 0.6 is 0 Å². The highest BCUT2D eigenvalue weighted by atomic mass is 16.3. The molecule has 0 heterocycles. The predicted molar refractivity (Wildman–Crippen MR) is 38.5 cm³/mol. The lowest BCUT2D eigenvalue weighted by atomic mass is 10.0. The molecule has 0 spiro atoms. The minimum Gasteiger partial charge on any atom is -0.396 e. The average molecular weight is 159 g/mol. The predicted octanol–water partition coefficient (Wildman–Crippen LogP) is -1.15. The molecule has 0 radical (unpaired) electrons. The minimum atomic E-state index is -0.648. The van der Waals surface area contributed by atoms with Crippen LogP contribution in [-0.2, 0) is 4.79 Å². The third kappa shape index (κ3) is 1.70. The Bertz CT molecular complexity index is 160. The summed E-state index contributed by atoms with van der Waals surface area (Å²) in [6.07, 6.45) is 0.363. The van der Waals surface area contributed by atoms with Gasteiger partial charge in [-0.25, -0.2) is 0 Å². The number of aliphatic hydroxyl groups excluding tert-OH is 2. The van der Waals surface area contributed by atoms with E-state index in [9.17, 15) is 9.90 Å². The fourth-order valence-corrected chi connectivity index (χ4v) is 1.57. The molecule has 11 heavy (non-hydrogen) atoms. The van der Waals surface area contributed by atoms with Crippen LogP contribution < -0.4 is 5.73 Å². The zero-order valence-corrected chi connectivity index (χ0v) is 6.23. The zero-order chi connectivity index (χ0) is 8.43. The van der Waals surface area contributed by atoms with Gasteiger partial charge in [0.15, 0.2) is 0 Å². The first-order valence-electron chi connectivity index (χ1n) is 3.73. The number of hydrogen-bond donors (Lipinski definition) is 3. The van der Waals surface area contributed by atoms with Crippen LogP contribution in [0.1, 0.15) is 12.8 Å². The van der Waals surface area contributed by atoms with Gasteiger partial charge in [0.05, 0.1) is 12.0 Å². The lowest BCUT2D eigenvalue weighted by molar-refractivity contribution is -0.124. The van der Waals surface area contributed by atoms with Gasteiger partial charge in [-0.1, -0.05) is 0 Å². The molecule has 4 N–H and O–H groups in total. The van der Waals surface area contributed by atoms with Crippen LogP contribution in [0.4, 0.5) is 0 Å². The van der Waals surface area contributed by atoms with Crippen molar-refractivity contribution >= 4 is 5.91 Å². The summed E-state index contributed by atoms with van der Waals surface area (Å²) in [5.74, 6) is -0.872. The van der Waals surface area contributed by atoms with Crippen LogP contribution in [0.2, 0.25) is 0 Å². The third-order valence-corrected chi connectivity index (χ3v) is 2.25. The van der Waals surface area contributed by atoms with Crippen molar-refractivity contribution < 1.29 is 15.0 Å². The van der Waals surface area contributed by atoms with Crippen LogP contribution in [0.25, 0.3) is 0 Å². The maximum absolute atomic E-state index is 10.7. The lowest BCUT2D eigenvalue weighted by Crippen LogP contribution is -2.29. The van der Waals surface area contributed by atoms with Gasteiger partial charge >= 0.3 is 0 Å². The molecule has 1 rings (SSSR count). The summed E-state index contributed by atoms with van der Waals surface area (Å²) in [6, 6.07) is 0. The molecule has 64 valence electrons. The highest BCUT2D eigenvalue weighted by Crippen LogP contribution is 2.30. The number of carbonyl (C=O) groups excluding carboxylic acids is 1. The number of hydrogen-bond acceptors (Lipinski definition) is 3. The van der Waals surface area contributed by atoms with Crippen molar-refractivity contribution in [2.24, 2.45) is 17.6 Å². The molecule has 0 bridgehead atoms. The molecule has 1 aliphatic carbocycles. The summed E-state index contributed by atoms with van der Waals surface area (Å²) in [6.45, 7) is 0.0286. The number of carbonyl (C=O) groups is 1. The molecular formula is C7H13NO3. The number of primary amides is 1. The van der Waals surface area contributed by atoms with Crippen LogP contribution in [0, 0.1) is 11.8 Å². The van der Waals surface area contributed by atoms with E-state index in [0.29, 0.717) is 12.8 Å². The quantitative estimate of drug-likeness (QED) is 0.475. The Hall–Kier alpha value is -0.610.